The number of rotatable bonds is 7. The minimum Gasteiger partial charge on any atom is -0.381 e. The fraction of sp³-hybridized carbons (Fsp3) is 0.619. The van der Waals surface area contributed by atoms with E-state index < -0.39 is 0 Å². The summed E-state index contributed by atoms with van der Waals surface area (Å²) < 4.78 is 5.41. The predicted molar refractivity (Wildman–Crippen MR) is 106 cm³/mol. The molecule has 0 aromatic heterocycles. The van der Waals surface area contributed by atoms with E-state index in [0.717, 1.165) is 44.7 Å². The average Bonchev–Trinajstić information content (AvgIpc) is 2.68. The van der Waals surface area contributed by atoms with E-state index in [1.54, 1.807) is 0 Å². The number of ether oxygens (including phenoxy) is 1. The molecule has 27 heavy (non-hydrogen) atoms. The lowest BCUT2D eigenvalue weighted by Crippen LogP contribution is -2.56. The Morgan fingerprint density at radius 3 is 2.74 bits per heavy atom. The molecule has 0 radical (unpaired) electrons. The van der Waals surface area contributed by atoms with Crippen molar-refractivity contribution < 1.29 is 14.3 Å². The van der Waals surface area contributed by atoms with Crippen molar-refractivity contribution in [2.75, 3.05) is 44.3 Å². The molecule has 2 fully saturated rings. The summed E-state index contributed by atoms with van der Waals surface area (Å²) in [5.41, 5.74) is 2.33. The number of likely N-dealkylation sites (N-methyl/N-ethyl adjacent to an activating group) is 1. The Balaban J connectivity index is 1.60. The molecule has 2 aliphatic rings. The van der Waals surface area contributed by atoms with Crippen LogP contribution < -0.4 is 10.2 Å². The lowest BCUT2D eigenvalue weighted by Gasteiger charge is -2.35. The zero-order valence-electron chi connectivity index (χ0n) is 16.4. The maximum Gasteiger partial charge on any atom is 0.324 e. The van der Waals surface area contributed by atoms with E-state index in [0.29, 0.717) is 25.6 Å². The van der Waals surface area contributed by atoms with Gasteiger partial charge in [-0.15, -0.1) is 0 Å². The van der Waals surface area contributed by atoms with Gasteiger partial charge in [0.05, 0.1) is 5.92 Å². The topological polar surface area (TPSA) is 61.9 Å². The van der Waals surface area contributed by atoms with Gasteiger partial charge in [0.15, 0.2) is 0 Å². The SMILES string of the molecule is CCN(CCN1C(=O)NCC(CC2CCOCC2)C1=O)c1cccc(C)c1. The molecule has 3 amide bonds. The average molecular weight is 373 g/mol. The molecule has 1 N–H and O–H groups in total. The van der Waals surface area contributed by atoms with Crippen LogP contribution in [-0.4, -0.2) is 56.2 Å². The van der Waals surface area contributed by atoms with Crippen LogP contribution >= 0.6 is 0 Å². The number of benzene rings is 1. The monoisotopic (exact) mass is 373 g/mol. The van der Waals surface area contributed by atoms with Gasteiger partial charge in [-0.05, 0) is 56.7 Å². The molecule has 1 atom stereocenters. The molecule has 2 aliphatic heterocycles. The second-order valence-electron chi connectivity index (χ2n) is 7.58. The molecule has 2 heterocycles. The van der Waals surface area contributed by atoms with Crippen LogP contribution in [-0.2, 0) is 9.53 Å². The van der Waals surface area contributed by atoms with E-state index in [4.69, 9.17) is 4.74 Å². The van der Waals surface area contributed by atoms with Crippen molar-refractivity contribution in [1.29, 1.82) is 0 Å². The lowest BCUT2D eigenvalue weighted by atomic mass is 9.87. The van der Waals surface area contributed by atoms with Crippen LogP contribution in [0.5, 0.6) is 0 Å². The smallest absolute Gasteiger partial charge is 0.324 e. The number of carbonyl (C=O) groups is 2. The largest absolute Gasteiger partial charge is 0.381 e. The molecule has 2 saturated heterocycles. The summed E-state index contributed by atoms with van der Waals surface area (Å²) in [6, 6.07) is 8.05. The summed E-state index contributed by atoms with van der Waals surface area (Å²) in [4.78, 5) is 28.8. The van der Waals surface area contributed by atoms with E-state index in [1.165, 1.54) is 10.5 Å². The summed E-state index contributed by atoms with van der Waals surface area (Å²) in [6.45, 7) is 8.07. The number of aryl methyl sites for hydroxylation is 1. The van der Waals surface area contributed by atoms with Gasteiger partial charge in [0.2, 0.25) is 5.91 Å². The van der Waals surface area contributed by atoms with Gasteiger partial charge in [-0.2, -0.15) is 0 Å². The number of urea groups is 1. The highest BCUT2D eigenvalue weighted by molar-refractivity contribution is 5.98. The minimum absolute atomic E-state index is 0.0227. The van der Waals surface area contributed by atoms with Crippen molar-refractivity contribution in [3.8, 4) is 0 Å². The van der Waals surface area contributed by atoms with Gasteiger partial charge in [0.25, 0.3) is 0 Å². The fourth-order valence-electron chi connectivity index (χ4n) is 4.01. The number of hydrogen-bond donors (Lipinski definition) is 1. The molecule has 1 aromatic carbocycles. The van der Waals surface area contributed by atoms with Crippen LogP contribution in [0.15, 0.2) is 24.3 Å². The molecule has 0 bridgehead atoms. The molecule has 6 nitrogen and oxygen atoms in total. The molecule has 1 aromatic rings. The van der Waals surface area contributed by atoms with Crippen molar-refractivity contribution in [1.82, 2.24) is 10.2 Å². The predicted octanol–water partition coefficient (Wildman–Crippen LogP) is 2.81. The molecular formula is C21H31N3O3. The first-order valence-electron chi connectivity index (χ1n) is 10.1. The van der Waals surface area contributed by atoms with Crippen molar-refractivity contribution in [2.24, 2.45) is 11.8 Å². The Bertz CT molecular complexity index is 658. The first kappa shape index (κ1) is 19.7. The number of amides is 3. The van der Waals surface area contributed by atoms with E-state index in [1.807, 2.05) is 6.07 Å². The van der Waals surface area contributed by atoms with Crippen molar-refractivity contribution in [3.63, 3.8) is 0 Å². The van der Waals surface area contributed by atoms with E-state index in [9.17, 15) is 9.59 Å². The Morgan fingerprint density at radius 1 is 1.26 bits per heavy atom. The van der Waals surface area contributed by atoms with Gasteiger partial charge in [0.1, 0.15) is 0 Å². The third-order valence-electron chi connectivity index (χ3n) is 5.66. The second-order valence-corrected chi connectivity index (χ2v) is 7.58. The highest BCUT2D eigenvalue weighted by Crippen LogP contribution is 2.25. The Hall–Kier alpha value is -2.08. The third kappa shape index (κ3) is 5.01. The fourth-order valence-corrected chi connectivity index (χ4v) is 4.01. The lowest BCUT2D eigenvalue weighted by molar-refractivity contribution is -0.134. The molecule has 6 heteroatoms. The van der Waals surface area contributed by atoms with Gasteiger partial charge < -0.3 is 15.0 Å². The summed E-state index contributed by atoms with van der Waals surface area (Å²) in [6.07, 6.45) is 2.86. The van der Waals surface area contributed by atoms with Crippen LogP contribution in [0, 0.1) is 18.8 Å². The van der Waals surface area contributed by atoms with Gasteiger partial charge >= 0.3 is 6.03 Å². The van der Waals surface area contributed by atoms with E-state index in [2.05, 4.69) is 42.3 Å². The van der Waals surface area contributed by atoms with Crippen LogP contribution in [0.3, 0.4) is 0 Å². The van der Waals surface area contributed by atoms with Crippen LogP contribution in [0.2, 0.25) is 0 Å². The number of nitrogens with one attached hydrogen (secondary N) is 1. The number of hydrogen-bond acceptors (Lipinski definition) is 4. The molecule has 1 unspecified atom stereocenters. The summed E-state index contributed by atoms with van der Waals surface area (Å²) in [5.74, 6) is 0.384. The van der Waals surface area contributed by atoms with Gasteiger partial charge in [0, 0.05) is 45.1 Å². The van der Waals surface area contributed by atoms with Crippen molar-refractivity contribution in [2.45, 2.75) is 33.1 Å². The van der Waals surface area contributed by atoms with Crippen molar-refractivity contribution >= 4 is 17.6 Å². The van der Waals surface area contributed by atoms with Gasteiger partial charge in [-0.25, -0.2) is 4.79 Å². The highest BCUT2D eigenvalue weighted by Gasteiger charge is 2.35. The third-order valence-corrected chi connectivity index (χ3v) is 5.66. The van der Waals surface area contributed by atoms with Crippen molar-refractivity contribution in [3.05, 3.63) is 29.8 Å². The number of carbonyl (C=O) groups excluding carboxylic acids is 2. The van der Waals surface area contributed by atoms with E-state index >= 15 is 0 Å². The van der Waals surface area contributed by atoms with Gasteiger partial charge in [-0.3, -0.25) is 9.69 Å². The number of imide groups is 1. The highest BCUT2D eigenvalue weighted by atomic mass is 16.5. The number of nitrogens with zero attached hydrogens (tertiary/aromatic N) is 2. The maximum absolute atomic E-state index is 12.9. The molecular weight excluding hydrogens is 342 g/mol. The van der Waals surface area contributed by atoms with E-state index in [-0.39, 0.29) is 17.9 Å². The van der Waals surface area contributed by atoms with Crippen LogP contribution in [0.1, 0.15) is 31.7 Å². The normalized spacial score (nSPS) is 21.3. The van der Waals surface area contributed by atoms with Gasteiger partial charge in [-0.1, -0.05) is 12.1 Å². The Labute approximate surface area is 161 Å². The molecule has 0 aliphatic carbocycles. The first-order chi connectivity index (χ1) is 13.1. The number of anilines is 1. The molecule has 148 valence electrons. The van der Waals surface area contributed by atoms with Crippen LogP contribution in [0.25, 0.3) is 0 Å². The molecule has 0 saturated carbocycles. The summed E-state index contributed by atoms with van der Waals surface area (Å²) in [7, 11) is 0. The second kappa shape index (κ2) is 9.22. The quantitative estimate of drug-likeness (QED) is 0.798. The summed E-state index contributed by atoms with van der Waals surface area (Å²) >= 11 is 0. The first-order valence-corrected chi connectivity index (χ1v) is 10.1. The molecule has 0 spiro atoms. The molecule has 3 rings (SSSR count). The summed E-state index contributed by atoms with van der Waals surface area (Å²) in [5, 5.41) is 2.91. The Morgan fingerprint density at radius 2 is 2.04 bits per heavy atom. The minimum atomic E-state index is -0.261. The zero-order valence-corrected chi connectivity index (χ0v) is 16.4. The van der Waals surface area contributed by atoms with Crippen LogP contribution in [0.4, 0.5) is 10.5 Å². The maximum atomic E-state index is 12.9. The Kier molecular flexibility index (Phi) is 6.72. The zero-order chi connectivity index (χ0) is 19.2. The standard InChI is InChI=1S/C21H31N3O3/c1-3-23(19-6-4-5-16(2)13-19)9-10-24-20(25)18(15-22-21(24)26)14-17-7-11-27-12-8-17/h4-6,13,17-18H,3,7-12,14-15H2,1-2H3,(H,22,26).